The van der Waals surface area contributed by atoms with E-state index in [1.165, 1.54) is 24.1 Å². The number of anilines is 1. The van der Waals surface area contributed by atoms with Crippen LogP contribution in [0.4, 0.5) is 5.69 Å². The molecule has 10 heteroatoms. The second-order valence-electron chi connectivity index (χ2n) is 6.63. The molecule has 0 aliphatic carbocycles. The average molecular weight is 473 g/mol. The quantitative estimate of drug-likeness (QED) is 0.443. The van der Waals surface area contributed by atoms with Crippen LogP contribution in [0.5, 0.6) is 11.5 Å². The first kappa shape index (κ1) is 23.3. The third-order valence-corrected chi connectivity index (χ3v) is 5.91. The predicted molar refractivity (Wildman–Crippen MR) is 126 cm³/mol. The van der Waals surface area contributed by atoms with Crippen molar-refractivity contribution >= 4 is 57.8 Å². The van der Waals surface area contributed by atoms with Crippen LogP contribution in [0.1, 0.15) is 22.3 Å². The van der Waals surface area contributed by atoms with Crippen LogP contribution in [0.3, 0.4) is 0 Å². The maximum Gasteiger partial charge on any atom is 0.335 e. The Balaban J connectivity index is 1.64. The first-order valence-electron chi connectivity index (χ1n) is 9.43. The zero-order valence-corrected chi connectivity index (χ0v) is 18.9. The molecule has 1 heterocycles. The summed E-state index contributed by atoms with van der Waals surface area (Å²) in [6, 6.07) is 11.2. The Hall–Kier alpha value is -3.37. The second kappa shape index (κ2) is 10.3. The number of thiocarbonyl (C=S) groups is 1. The van der Waals surface area contributed by atoms with Crippen molar-refractivity contribution in [2.75, 3.05) is 26.1 Å². The van der Waals surface area contributed by atoms with E-state index in [-0.39, 0.29) is 30.3 Å². The van der Waals surface area contributed by atoms with Gasteiger partial charge in [0, 0.05) is 18.7 Å². The standard InChI is InChI=1S/C22H20N2O6S2/c1-29-16-7-6-13(10-17(16)30-2)11-18-20(26)24(22(31)32-18)9-8-19(25)23-15-5-3-4-14(12-15)21(27)28/h3-7,10-12H,8-9H2,1-2H3,(H,23,25)(H,27,28)/b18-11+. The molecule has 0 unspecified atom stereocenters. The van der Waals surface area contributed by atoms with Gasteiger partial charge in [-0.2, -0.15) is 0 Å². The second-order valence-corrected chi connectivity index (χ2v) is 8.31. The maximum atomic E-state index is 12.8. The van der Waals surface area contributed by atoms with Crippen molar-refractivity contribution < 1.29 is 29.0 Å². The molecular formula is C22H20N2O6S2. The number of carboxylic acid groups (broad SMARTS) is 1. The smallest absolute Gasteiger partial charge is 0.335 e. The van der Waals surface area contributed by atoms with Crippen molar-refractivity contribution in [3.63, 3.8) is 0 Å². The molecule has 3 rings (SSSR count). The van der Waals surface area contributed by atoms with E-state index in [0.29, 0.717) is 26.4 Å². The molecule has 0 radical (unpaired) electrons. The molecule has 0 bridgehead atoms. The largest absolute Gasteiger partial charge is 0.493 e. The summed E-state index contributed by atoms with van der Waals surface area (Å²) < 4.78 is 10.9. The number of hydrogen-bond acceptors (Lipinski definition) is 7. The summed E-state index contributed by atoms with van der Waals surface area (Å²) in [5, 5.41) is 11.7. The SMILES string of the molecule is COc1ccc(/C=C2/SC(=S)N(CCC(=O)Nc3cccc(C(=O)O)c3)C2=O)cc1OC. The summed E-state index contributed by atoms with van der Waals surface area (Å²) in [6.07, 6.45) is 1.71. The summed E-state index contributed by atoms with van der Waals surface area (Å²) >= 11 is 6.47. The lowest BCUT2D eigenvalue weighted by molar-refractivity contribution is -0.122. The van der Waals surface area contributed by atoms with E-state index in [2.05, 4.69) is 5.32 Å². The molecule has 8 nitrogen and oxygen atoms in total. The summed E-state index contributed by atoms with van der Waals surface area (Å²) in [4.78, 5) is 37.9. The number of hydrogen-bond donors (Lipinski definition) is 2. The third-order valence-electron chi connectivity index (χ3n) is 4.53. The highest BCUT2D eigenvalue weighted by Gasteiger charge is 2.32. The van der Waals surface area contributed by atoms with Gasteiger partial charge in [0.15, 0.2) is 11.5 Å². The van der Waals surface area contributed by atoms with Crippen LogP contribution in [-0.4, -0.2) is 52.9 Å². The highest BCUT2D eigenvalue weighted by molar-refractivity contribution is 8.26. The van der Waals surface area contributed by atoms with Gasteiger partial charge in [0.25, 0.3) is 5.91 Å². The first-order valence-corrected chi connectivity index (χ1v) is 10.7. The van der Waals surface area contributed by atoms with Gasteiger partial charge in [-0.1, -0.05) is 36.1 Å². The number of carbonyl (C=O) groups excluding carboxylic acids is 2. The van der Waals surface area contributed by atoms with Gasteiger partial charge < -0.3 is 19.9 Å². The molecule has 0 spiro atoms. The van der Waals surface area contributed by atoms with E-state index in [1.54, 1.807) is 43.5 Å². The summed E-state index contributed by atoms with van der Waals surface area (Å²) in [5.41, 5.74) is 1.19. The maximum absolute atomic E-state index is 12.8. The first-order chi connectivity index (χ1) is 15.3. The molecule has 32 heavy (non-hydrogen) atoms. The van der Waals surface area contributed by atoms with Gasteiger partial charge in [-0.25, -0.2) is 4.79 Å². The Morgan fingerprint density at radius 3 is 2.59 bits per heavy atom. The summed E-state index contributed by atoms with van der Waals surface area (Å²) in [6.45, 7) is 0.110. The fourth-order valence-electron chi connectivity index (χ4n) is 2.95. The van der Waals surface area contributed by atoms with E-state index < -0.39 is 5.97 Å². The number of carbonyl (C=O) groups is 3. The monoisotopic (exact) mass is 472 g/mol. The minimum Gasteiger partial charge on any atom is -0.493 e. The Bertz CT molecular complexity index is 1120. The zero-order valence-electron chi connectivity index (χ0n) is 17.3. The van der Waals surface area contributed by atoms with Crippen molar-refractivity contribution in [1.82, 2.24) is 4.90 Å². The lowest BCUT2D eigenvalue weighted by Crippen LogP contribution is -2.31. The molecule has 2 aromatic carbocycles. The number of nitrogens with zero attached hydrogens (tertiary/aromatic N) is 1. The van der Waals surface area contributed by atoms with Crippen molar-refractivity contribution in [3.05, 3.63) is 58.5 Å². The zero-order chi connectivity index (χ0) is 23.3. The Morgan fingerprint density at radius 1 is 1.16 bits per heavy atom. The summed E-state index contributed by atoms with van der Waals surface area (Å²) in [5.74, 6) is -0.599. The molecule has 1 fully saturated rings. The fourth-order valence-corrected chi connectivity index (χ4v) is 4.26. The van der Waals surface area contributed by atoms with Gasteiger partial charge in [-0.3, -0.25) is 14.5 Å². The van der Waals surface area contributed by atoms with Crippen LogP contribution in [0.15, 0.2) is 47.4 Å². The fraction of sp³-hybridized carbons (Fsp3) is 0.182. The van der Waals surface area contributed by atoms with Crippen LogP contribution in [0, 0.1) is 0 Å². The minimum absolute atomic E-state index is 0.00732. The number of benzene rings is 2. The van der Waals surface area contributed by atoms with Crippen molar-refractivity contribution in [2.24, 2.45) is 0 Å². The molecule has 1 aliphatic rings. The molecule has 0 atom stereocenters. The Labute approximate surface area is 194 Å². The van der Waals surface area contributed by atoms with Gasteiger partial charge in [0.2, 0.25) is 5.91 Å². The number of rotatable bonds is 8. The van der Waals surface area contributed by atoms with Gasteiger partial charge in [0.05, 0.1) is 24.7 Å². The van der Waals surface area contributed by atoms with Gasteiger partial charge >= 0.3 is 5.97 Å². The molecule has 2 N–H and O–H groups in total. The van der Waals surface area contributed by atoms with Crippen molar-refractivity contribution in [2.45, 2.75) is 6.42 Å². The highest BCUT2D eigenvalue weighted by atomic mass is 32.2. The number of ether oxygens (including phenoxy) is 2. The lowest BCUT2D eigenvalue weighted by atomic mass is 10.2. The Kier molecular flexibility index (Phi) is 7.49. The van der Waals surface area contributed by atoms with Crippen LogP contribution < -0.4 is 14.8 Å². The van der Waals surface area contributed by atoms with Crippen molar-refractivity contribution in [3.8, 4) is 11.5 Å². The van der Waals surface area contributed by atoms with Crippen LogP contribution >= 0.6 is 24.0 Å². The predicted octanol–water partition coefficient (Wildman–Crippen LogP) is 3.63. The lowest BCUT2D eigenvalue weighted by Gasteiger charge is -2.14. The van der Waals surface area contributed by atoms with Crippen LogP contribution in [-0.2, 0) is 9.59 Å². The van der Waals surface area contributed by atoms with Crippen LogP contribution in [0.25, 0.3) is 6.08 Å². The number of aromatic carboxylic acids is 1. The average Bonchev–Trinajstić information content (AvgIpc) is 3.04. The van der Waals surface area contributed by atoms with E-state index in [9.17, 15) is 14.4 Å². The number of methoxy groups -OCH3 is 2. The Morgan fingerprint density at radius 2 is 1.91 bits per heavy atom. The molecule has 2 aromatic rings. The minimum atomic E-state index is -1.08. The van der Waals surface area contributed by atoms with E-state index in [4.69, 9.17) is 26.8 Å². The normalized spacial score (nSPS) is 14.6. The van der Waals surface area contributed by atoms with Gasteiger partial charge in [0.1, 0.15) is 4.32 Å². The molecule has 0 saturated carbocycles. The van der Waals surface area contributed by atoms with E-state index in [0.717, 1.165) is 17.3 Å². The molecule has 1 saturated heterocycles. The van der Waals surface area contributed by atoms with Gasteiger partial charge in [-0.05, 0) is 42.0 Å². The number of carboxylic acids is 1. The number of nitrogens with one attached hydrogen (secondary N) is 1. The van der Waals surface area contributed by atoms with Gasteiger partial charge in [-0.15, -0.1) is 0 Å². The van der Waals surface area contributed by atoms with Crippen molar-refractivity contribution in [1.29, 1.82) is 0 Å². The highest BCUT2D eigenvalue weighted by Crippen LogP contribution is 2.34. The number of amides is 2. The number of thioether (sulfide) groups is 1. The molecule has 0 aromatic heterocycles. The molecule has 166 valence electrons. The van der Waals surface area contributed by atoms with E-state index >= 15 is 0 Å². The van der Waals surface area contributed by atoms with E-state index in [1.807, 2.05) is 0 Å². The molecule has 2 amide bonds. The molecular weight excluding hydrogens is 452 g/mol. The topological polar surface area (TPSA) is 105 Å². The third kappa shape index (κ3) is 5.45. The van der Waals surface area contributed by atoms with Crippen LogP contribution in [0.2, 0.25) is 0 Å². The molecule has 1 aliphatic heterocycles. The summed E-state index contributed by atoms with van der Waals surface area (Å²) in [7, 11) is 3.08.